The molecule has 0 bridgehead atoms. The average Bonchev–Trinajstić information content (AvgIpc) is 3.32. The molecule has 0 aliphatic carbocycles. The second kappa shape index (κ2) is 7.92. The zero-order chi connectivity index (χ0) is 18.6. The van der Waals surface area contributed by atoms with E-state index in [9.17, 15) is 9.59 Å². The van der Waals surface area contributed by atoms with E-state index in [1.165, 1.54) is 0 Å². The highest BCUT2D eigenvalue weighted by Crippen LogP contribution is 2.21. The molecule has 4 rings (SSSR count). The standard InChI is InChI=1S/C20H24N4O3/c25-19(21-11-15-5-2-1-3-6-15)17-12-22-24-9-4-8-23(13-18(17)24)20(26)16-7-10-27-14-16/h1-3,5-6,12,16H,4,7-11,13-14H2,(H,21,25). The number of benzene rings is 1. The van der Waals surface area contributed by atoms with Gasteiger partial charge in [0.05, 0.1) is 36.5 Å². The third-order valence-corrected chi connectivity index (χ3v) is 5.22. The Morgan fingerprint density at radius 3 is 2.85 bits per heavy atom. The molecule has 27 heavy (non-hydrogen) atoms. The summed E-state index contributed by atoms with van der Waals surface area (Å²) < 4.78 is 7.22. The van der Waals surface area contributed by atoms with Crippen LogP contribution in [0.25, 0.3) is 0 Å². The summed E-state index contributed by atoms with van der Waals surface area (Å²) in [5.74, 6) is -0.0915. The second-order valence-electron chi connectivity index (χ2n) is 7.07. The summed E-state index contributed by atoms with van der Waals surface area (Å²) in [5, 5.41) is 7.33. The lowest BCUT2D eigenvalue weighted by Crippen LogP contribution is -2.36. The number of aromatic nitrogens is 2. The van der Waals surface area contributed by atoms with Crippen LogP contribution in [0.4, 0.5) is 0 Å². The average molecular weight is 368 g/mol. The molecule has 3 heterocycles. The van der Waals surface area contributed by atoms with Crippen LogP contribution in [0.3, 0.4) is 0 Å². The van der Waals surface area contributed by atoms with Crippen molar-refractivity contribution in [1.82, 2.24) is 20.0 Å². The number of nitrogens with one attached hydrogen (secondary N) is 1. The van der Waals surface area contributed by atoms with Gasteiger partial charge in [0.15, 0.2) is 0 Å². The molecule has 1 aromatic carbocycles. The Labute approximate surface area is 158 Å². The molecule has 1 N–H and O–H groups in total. The van der Waals surface area contributed by atoms with Crippen LogP contribution in [-0.2, 0) is 29.2 Å². The molecule has 0 saturated carbocycles. The minimum Gasteiger partial charge on any atom is -0.381 e. The zero-order valence-corrected chi connectivity index (χ0v) is 15.3. The SMILES string of the molecule is O=C(NCc1ccccc1)c1cnn2c1CN(C(=O)C1CCOC1)CCC2. The van der Waals surface area contributed by atoms with E-state index in [0.717, 1.165) is 24.1 Å². The predicted molar refractivity (Wildman–Crippen MR) is 98.8 cm³/mol. The van der Waals surface area contributed by atoms with Gasteiger partial charge in [-0.1, -0.05) is 30.3 Å². The molecule has 142 valence electrons. The number of carbonyl (C=O) groups excluding carboxylic acids is 2. The van der Waals surface area contributed by atoms with Crippen LogP contribution in [0.15, 0.2) is 36.5 Å². The van der Waals surface area contributed by atoms with E-state index in [4.69, 9.17) is 4.74 Å². The summed E-state index contributed by atoms with van der Waals surface area (Å²) in [7, 11) is 0. The maximum atomic E-state index is 12.8. The van der Waals surface area contributed by atoms with Gasteiger partial charge in [0.1, 0.15) is 0 Å². The van der Waals surface area contributed by atoms with E-state index in [2.05, 4.69) is 10.4 Å². The summed E-state index contributed by atoms with van der Waals surface area (Å²) in [5.41, 5.74) is 2.40. The maximum absolute atomic E-state index is 12.8. The third-order valence-electron chi connectivity index (χ3n) is 5.22. The highest BCUT2D eigenvalue weighted by atomic mass is 16.5. The molecule has 1 atom stereocenters. The fraction of sp³-hybridized carbons (Fsp3) is 0.450. The van der Waals surface area contributed by atoms with E-state index in [-0.39, 0.29) is 17.7 Å². The van der Waals surface area contributed by atoms with Crippen LogP contribution in [0.5, 0.6) is 0 Å². The van der Waals surface area contributed by atoms with Gasteiger partial charge >= 0.3 is 0 Å². The lowest BCUT2D eigenvalue weighted by molar-refractivity contribution is -0.136. The fourth-order valence-electron chi connectivity index (χ4n) is 3.68. The van der Waals surface area contributed by atoms with Crippen molar-refractivity contribution >= 4 is 11.8 Å². The van der Waals surface area contributed by atoms with Crippen LogP contribution < -0.4 is 5.32 Å². The van der Waals surface area contributed by atoms with Crippen molar-refractivity contribution in [1.29, 1.82) is 0 Å². The Hall–Kier alpha value is -2.67. The van der Waals surface area contributed by atoms with Crippen molar-refractivity contribution in [2.75, 3.05) is 19.8 Å². The van der Waals surface area contributed by atoms with E-state index < -0.39 is 0 Å². The Morgan fingerprint density at radius 2 is 2.07 bits per heavy atom. The normalized spacial score (nSPS) is 19.4. The lowest BCUT2D eigenvalue weighted by Gasteiger charge is -2.23. The molecule has 0 radical (unpaired) electrons. The number of aryl methyl sites for hydroxylation is 1. The Kier molecular flexibility index (Phi) is 5.20. The van der Waals surface area contributed by atoms with Gasteiger partial charge in [-0.15, -0.1) is 0 Å². The van der Waals surface area contributed by atoms with Crippen molar-refractivity contribution in [3.8, 4) is 0 Å². The number of ether oxygens (including phenoxy) is 1. The smallest absolute Gasteiger partial charge is 0.255 e. The van der Waals surface area contributed by atoms with Gasteiger partial charge in [0.2, 0.25) is 5.91 Å². The van der Waals surface area contributed by atoms with Gasteiger partial charge in [0.25, 0.3) is 5.91 Å². The summed E-state index contributed by atoms with van der Waals surface area (Å²) >= 11 is 0. The first-order valence-corrected chi connectivity index (χ1v) is 9.45. The molecule has 0 spiro atoms. The Balaban J connectivity index is 1.47. The topological polar surface area (TPSA) is 76.5 Å². The van der Waals surface area contributed by atoms with E-state index >= 15 is 0 Å². The molecule has 1 saturated heterocycles. The zero-order valence-electron chi connectivity index (χ0n) is 15.3. The fourth-order valence-corrected chi connectivity index (χ4v) is 3.68. The minimum absolute atomic E-state index is 0.0603. The number of amides is 2. The number of hydrogen-bond acceptors (Lipinski definition) is 4. The molecule has 1 fully saturated rings. The van der Waals surface area contributed by atoms with Crippen molar-refractivity contribution in [3.63, 3.8) is 0 Å². The predicted octanol–water partition coefficient (Wildman–Crippen LogP) is 1.58. The monoisotopic (exact) mass is 368 g/mol. The first kappa shape index (κ1) is 17.7. The van der Waals surface area contributed by atoms with Crippen molar-refractivity contribution < 1.29 is 14.3 Å². The van der Waals surface area contributed by atoms with Gasteiger partial charge in [0, 0.05) is 26.2 Å². The molecule has 7 heteroatoms. The van der Waals surface area contributed by atoms with Crippen LogP contribution in [0.2, 0.25) is 0 Å². The lowest BCUT2D eigenvalue weighted by atomic mass is 10.1. The van der Waals surface area contributed by atoms with E-state index in [0.29, 0.717) is 45.0 Å². The van der Waals surface area contributed by atoms with Gasteiger partial charge in [-0.25, -0.2) is 0 Å². The molecule has 2 aliphatic rings. The second-order valence-corrected chi connectivity index (χ2v) is 7.07. The number of nitrogens with zero attached hydrogens (tertiary/aromatic N) is 3. The third kappa shape index (κ3) is 3.88. The van der Waals surface area contributed by atoms with Gasteiger partial charge in [-0.2, -0.15) is 5.10 Å². The van der Waals surface area contributed by atoms with Gasteiger partial charge in [-0.3, -0.25) is 14.3 Å². The van der Waals surface area contributed by atoms with Crippen LogP contribution >= 0.6 is 0 Å². The van der Waals surface area contributed by atoms with Crippen LogP contribution in [0, 0.1) is 5.92 Å². The van der Waals surface area contributed by atoms with Crippen molar-refractivity contribution in [2.24, 2.45) is 5.92 Å². The van der Waals surface area contributed by atoms with Crippen LogP contribution in [-0.4, -0.2) is 46.3 Å². The van der Waals surface area contributed by atoms with E-state index in [1.807, 2.05) is 39.9 Å². The van der Waals surface area contributed by atoms with Gasteiger partial charge in [-0.05, 0) is 18.4 Å². The minimum atomic E-state index is -0.154. The molecular formula is C20H24N4O3. The van der Waals surface area contributed by atoms with Gasteiger partial charge < -0.3 is 15.0 Å². The largest absolute Gasteiger partial charge is 0.381 e. The number of hydrogen-bond donors (Lipinski definition) is 1. The Morgan fingerprint density at radius 1 is 1.22 bits per heavy atom. The van der Waals surface area contributed by atoms with E-state index in [1.54, 1.807) is 6.20 Å². The number of carbonyl (C=O) groups is 2. The number of fused-ring (bicyclic) bond motifs is 1. The number of rotatable bonds is 4. The maximum Gasteiger partial charge on any atom is 0.255 e. The van der Waals surface area contributed by atoms with Crippen LogP contribution in [0.1, 0.15) is 34.5 Å². The quantitative estimate of drug-likeness (QED) is 0.889. The van der Waals surface area contributed by atoms with Crippen molar-refractivity contribution in [3.05, 3.63) is 53.3 Å². The molecule has 1 aromatic heterocycles. The first-order chi connectivity index (χ1) is 13.2. The highest BCUT2D eigenvalue weighted by Gasteiger charge is 2.31. The summed E-state index contributed by atoms with van der Waals surface area (Å²) in [4.78, 5) is 27.4. The molecule has 1 unspecified atom stereocenters. The highest BCUT2D eigenvalue weighted by molar-refractivity contribution is 5.95. The summed E-state index contributed by atoms with van der Waals surface area (Å²) in [6.07, 6.45) is 3.22. The first-order valence-electron chi connectivity index (χ1n) is 9.45. The molecule has 2 aliphatic heterocycles. The molecule has 2 aromatic rings. The Bertz CT molecular complexity index is 812. The summed E-state index contributed by atoms with van der Waals surface area (Å²) in [6.45, 7) is 3.43. The summed E-state index contributed by atoms with van der Waals surface area (Å²) in [6, 6.07) is 9.79. The molecular weight excluding hydrogens is 344 g/mol. The van der Waals surface area contributed by atoms with Crippen molar-refractivity contribution in [2.45, 2.75) is 32.5 Å². The molecule has 7 nitrogen and oxygen atoms in total. The molecule has 2 amide bonds.